The maximum absolute atomic E-state index is 14.3. The highest BCUT2D eigenvalue weighted by Gasteiger charge is 2.57. The summed E-state index contributed by atoms with van der Waals surface area (Å²) >= 11 is 0. The summed E-state index contributed by atoms with van der Waals surface area (Å²) in [6, 6.07) is 25.6. The van der Waals surface area contributed by atoms with Crippen LogP contribution in [-0.2, 0) is 12.1 Å². The first-order valence-corrected chi connectivity index (χ1v) is 15.0. The van der Waals surface area contributed by atoms with Gasteiger partial charge < -0.3 is 19.6 Å². The highest BCUT2D eigenvalue weighted by atomic mass is 16.5. The van der Waals surface area contributed by atoms with Crippen molar-refractivity contribution in [1.29, 1.82) is 0 Å². The second kappa shape index (κ2) is 11.5. The van der Waals surface area contributed by atoms with Gasteiger partial charge in [-0.3, -0.25) is 4.79 Å². The number of nitrogens with zero attached hydrogens (tertiary/aromatic N) is 5. The number of carbonyl (C=O) groups is 1. The van der Waals surface area contributed by atoms with E-state index in [0.717, 1.165) is 54.2 Å². The topological polar surface area (TPSA) is 81.5 Å². The molecule has 220 valence electrons. The van der Waals surface area contributed by atoms with Crippen LogP contribution in [-0.4, -0.2) is 53.4 Å². The minimum Gasteiger partial charge on any atom is -0.456 e. The molecule has 6 rings (SSSR count). The summed E-state index contributed by atoms with van der Waals surface area (Å²) in [5.74, 6) is 1.18. The van der Waals surface area contributed by atoms with E-state index in [9.17, 15) is 9.90 Å². The van der Waals surface area contributed by atoms with Gasteiger partial charge in [0.25, 0.3) is 5.91 Å². The van der Waals surface area contributed by atoms with E-state index in [1.165, 1.54) is 0 Å². The first kappa shape index (κ1) is 28.4. The summed E-state index contributed by atoms with van der Waals surface area (Å²) in [5, 5.41) is 16.1. The van der Waals surface area contributed by atoms with Crippen LogP contribution < -0.4 is 14.5 Å². The zero-order valence-electron chi connectivity index (χ0n) is 25.1. The summed E-state index contributed by atoms with van der Waals surface area (Å²) in [5.41, 5.74) is 5.27. The molecule has 0 aliphatic carbocycles. The van der Waals surface area contributed by atoms with E-state index in [0.29, 0.717) is 28.5 Å². The number of aliphatic hydroxyl groups is 1. The largest absolute Gasteiger partial charge is 0.456 e. The molecule has 0 bridgehead atoms. The molecular weight excluding hydrogens is 538 g/mol. The quantitative estimate of drug-likeness (QED) is 0.241. The highest BCUT2D eigenvalue weighted by molar-refractivity contribution is 6.02. The molecule has 1 spiro atoms. The van der Waals surface area contributed by atoms with Gasteiger partial charge in [-0.1, -0.05) is 36.4 Å². The van der Waals surface area contributed by atoms with Crippen molar-refractivity contribution in [1.82, 2.24) is 9.99 Å². The van der Waals surface area contributed by atoms with E-state index in [1.54, 1.807) is 17.3 Å². The third kappa shape index (κ3) is 4.53. The summed E-state index contributed by atoms with van der Waals surface area (Å²) in [4.78, 5) is 23.3. The Balaban J connectivity index is 1.63. The Kier molecular flexibility index (Phi) is 7.62. The van der Waals surface area contributed by atoms with Crippen LogP contribution in [0.1, 0.15) is 66.1 Å². The fraction of sp³-hybridized carbons (Fsp3) is 0.286. The molecule has 0 saturated heterocycles. The summed E-state index contributed by atoms with van der Waals surface area (Å²) in [6.07, 6.45) is 1.59. The lowest BCUT2D eigenvalue weighted by atomic mass is 9.75. The Morgan fingerprint density at radius 1 is 0.814 bits per heavy atom. The van der Waals surface area contributed by atoms with Gasteiger partial charge in [-0.2, -0.15) is 5.10 Å². The monoisotopic (exact) mass is 575 g/mol. The number of carbonyl (C=O) groups excluding carboxylic acids is 1. The van der Waals surface area contributed by atoms with Crippen LogP contribution >= 0.6 is 0 Å². The Bertz CT molecular complexity index is 1630. The summed E-state index contributed by atoms with van der Waals surface area (Å²) in [6.45, 7) is 11.8. The van der Waals surface area contributed by atoms with Crippen molar-refractivity contribution >= 4 is 23.5 Å². The maximum Gasteiger partial charge on any atom is 0.275 e. The van der Waals surface area contributed by atoms with E-state index in [-0.39, 0.29) is 12.5 Å². The number of amides is 1. The van der Waals surface area contributed by atoms with Gasteiger partial charge in [0.1, 0.15) is 17.0 Å². The number of rotatable bonds is 9. The Morgan fingerprint density at radius 2 is 1.42 bits per heavy atom. The molecule has 0 radical (unpaired) electrons. The Hall–Kier alpha value is -4.69. The normalized spacial score (nSPS) is 14.4. The SMILES string of the molecule is CCN(CC)c1ccc2c(c1)Oc1cc(N(CC)CC)ccc1C21c2ccccc2C(=O)N1N=Cc1cccc(CO)n1. The zero-order valence-corrected chi connectivity index (χ0v) is 25.1. The van der Waals surface area contributed by atoms with Gasteiger partial charge in [0, 0.05) is 71.9 Å². The molecule has 2 aliphatic heterocycles. The fourth-order valence-electron chi connectivity index (χ4n) is 6.42. The summed E-state index contributed by atoms with van der Waals surface area (Å²) in [7, 11) is 0. The van der Waals surface area contributed by atoms with E-state index in [4.69, 9.17) is 9.84 Å². The average Bonchev–Trinajstić information content (AvgIpc) is 3.29. The molecule has 8 heteroatoms. The molecule has 4 aromatic rings. The molecule has 0 saturated carbocycles. The standard InChI is InChI=1S/C35H37N5O3/c1-5-38(6-2)26-16-18-30-32(20-26)43-33-21-27(39(7-3)8-4)17-19-31(33)35(30)29-15-10-9-14-28(29)34(42)40(35)36-22-24-12-11-13-25(23-41)37-24/h9-22,41H,5-8,23H2,1-4H3. The molecular formula is C35H37N5O3. The molecule has 1 N–H and O–H groups in total. The molecule has 3 heterocycles. The van der Waals surface area contributed by atoms with E-state index in [1.807, 2.05) is 36.4 Å². The third-order valence-electron chi connectivity index (χ3n) is 8.54. The van der Waals surface area contributed by atoms with Gasteiger partial charge in [-0.15, -0.1) is 0 Å². The summed E-state index contributed by atoms with van der Waals surface area (Å²) < 4.78 is 6.73. The molecule has 0 fully saturated rings. The van der Waals surface area contributed by atoms with Gasteiger partial charge >= 0.3 is 0 Å². The molecule has 0 unspecified atom stereocenters. The third-order valence-corrected chi connectivity index (χ3v) is 8.54. The number of ether oxygens (including phenoxy) is 1. The van der Waals surface area contributed by atoms with Gasteiger partial charge in [0.2, 0.25) is 0 Å². The first-order chi connectivity index (χ1) is 21.0. The van der Waals surface area contributed by atoms with Crippen LogP contribution in [0.15, 0.2) is 84.0 Å². The van der Waals surface area contributed by atoms with E-state index >= 15 is 0 Å². The Morgan fingerprint density at radius 3 is 2.00 bits per heavy atom. The van der Waals surface area contributed by atoms with Crippen molar-refractivity contribution in [2.45, 2.75) is 39.8 Å². The van der Waals surface area contributed by atoms with Crippen molar-refractivity contribution in [2.75, 3.05) is 36.0 Å². The van der Waals surface area contributed by atoms with Crippen molar-refractivity contribution in [3.05, 3.63) is 113 Å². The predicted molar refractivity (Wildman–Crippen MR) is 170 cm³/mol. The number of aliphatic hydroxyl groups excluding tert-OH is 1. The molecule has 0 atom stereocenters. The number of pyridine rings is 1. The molecule has 43 heavy (non-hydrogen) atoms. The number of anilines is 2. The van der Waals surface area contributed by atoms with Crippen molar-refractivity contribution in [3.63, 3.8) is 0 Å². The lowest BCUT2D eigenvalue weighted by molar-refractivity contribution is 0.0675. The average molecular weight is 576 g/mol. The number of hydrazone groups is 1. The van der Waals surface area contributed by atoms with Gasteiger partial charge in [0.15, 0.2) is 0 Å². The number of fused-ring (bicyclic) bond motifs is 6. The lowest BCUT2D eigenvalue weighted by Crippen LogP contribution is -2.44. The first-order valence-electron chi connectivity index (χ1n) is 15.0. The predicted octanol–water partition coefficient (Wildman–Crippen LogP) is 6.15. The number of hydrogen-bond donors (Lipinski definition) is 1. The van der Waals surface area contributed by atoms with Gasteiger partial charge in [-0.25, -0.2) is 9.99 Å². The fourth-order valence-corrected chi connectivity index (χ4v) is 6.42. The van der Waals surface area contributed by atoms with Crippen molar-refractivity contribution in [3.8, 4) is 11.5 Å². The van der Waals surface area contributed by atoms with Crippen molar-refractivity contribution in [2.24, 2.45) is 5.10 Å². The number of benzene rings is 3. The maximum atomic E-state index is 14.3. The lowest BCUT2D eigenvalue weighted by Gasteiger charge is -2.42. The minimum absolute atomic E-state index is 0.179. The molecule has 8 nitrogen and oxygen atoms in total. The minimum atomic E-state index is -1.06. The van der Waals surface area contributed by atoms with Crippen LogP contribution in [0.25, 0.3) is 0 Å². The molecule has 1 aromatic heterocycles. The molecule has 1 amide bonds. The van der Waals surface area contributed by atoms with Crippen LogP contribution in [0.4, 0.5) is 11.4 Å². The second-order valence-electron chi connectivity index (χ2n) is 10.6. The van der Waals surface area contributed by atoms with Crippen LogP contribution in [0.2, 0.25) is 0 Å². The number of hydrogen-bond acceptors (Lipinski definition) is 7. The van der Waals surface area contributed by atoms with Gasteiger partial charge in [0.05, 0.1) is 24.2 Å². The van der Waals surface area contributed by atoms with Gasteiger partial charge in [-0.05, 0) is 58.0 Å². The highest BCUT2D eigenvalue weighted by Crippen LogP contribution is 2.58. The van der Waals surface area contributed by atoms with Crippen molar-refractivity contribution < 1.29 is 14.6 Å². The second-order valence-corrected chi connectivity index (χ2v) is 10.6. The molecule has 2 aliphatic rings. The molecule has 3 aromatic carbocycles. The zero-order chi connectivity index (χ0) is 30.1. The smallest absolute Gasteiger partial charge is 0.275 e. The van der Waals surface area contributed by atoms with E-state index < -0.39 is 5.54 Å². The van der Waals surface area contributed by atoms with Crippen LogP contribution in [0, 0.1) is 0 Å². The Labute approximate surface area is 252 Å². The van der Waals surface area contributed by atoms with E-state index in [2.05, 4.69) is 78.9 Å². The number of aromatic nitrogens is 1. The van der Waals surface area contributed by atoms with Crippen LogP contribution in [0.3, 0.4) is 0 Å². The van der Waals surface area contributed by atoms with Crippen LogP contribution in [0.5, 0.6) is 11.5 Å².